The van der Waals surface area contributed by atoms with Gasteiger partial charge in [-0.1, -0.05) is 26.3 Å². The molecule has 0 bridgehead atoms. The molecule has 1 aromatic heterocycles. The molecule has 0 aliphatic heterocycles. The van der Waals surface area contributed by atoms with Gasteiger partial charge in [0.25, 0.3) is 0 Å². The maximum atomic E-state index is 14.0. The van der Waals surface area contributed by atoms with Crippen molar-refractivity contribution in [2.45, 2.75) is 26.0 Å². The van der Waals surface area contributed by atoms with E-state index in [0.29, 0.717) is 27.3 Å². The number of hydrogen-bond acceptors (Lipinski definition) is 3. The number of aromatic carboxylic acids is 1. The fourth-order valence-electron chi connectivity index (χ4n) is 1.96. The van der Waals surface area contributed by atoms with Gasteiger partial charge in [0, 0.05) is 15.8 Å². The summed E-state index contributed by atoms with van der Waals surface area (Å²) in [4.78, 5) is 11.6. The molecule has 1 heterocycles. The molecule has 0 aliphatic carbocycles. The third kappa shape index (κ3) is 3.15. The van der Waals surface area contributed by atoms with Gasteiger partial charge in [-0.3, -0.25) is 0 Å². The molecule has 2 aromatic rings. The van der Waals surface area contributed by atoms with Crippen LogP contribution in [-0.4, -0.2) is 16.8 Å². The van der Waals surface area contributed by atoms with Crippen LogP contribution in [0, 0.1) is 11.7 Å². The van der Waals surface area contributed by atoms with Gasteiger partial charge in [0.1, 0.15) is 10.7 Å². The number of carbonyl (C=O) groups is 1. The van der Waals surface area contributed by atoms with Crippen molar-refractivity contribution in [3.63, 3.8) is 0 Å². The highest BCUT2D eigenvalue weighted by molar-refractivity contribution is 7.98. The van der Waals surface area contributed by atoms with Gasteiger partial charge >= 0.3 is 5.97 Å². The average Bonchev–Trinajstić information content (AvgIpc) is 2.79. The van der Waals surface area contributed by atoms with Crippen molar-refractivity contribution >= 4 is 39.2 Å². The first-order valence-electron chi connectivity index (χ1n) is 6.55. The van der Waals surface area contributed by atoms with Gasteiger partial charge in [-0.15, -0.1) is 11.3 Å². The predicted molar refractivity (Wildman–Crippen MR) is 84.4 cm³/mol. The molecule has 1 aromatic carbocycles. The van der Waals surface area contributed by atoms with Crippen LogP contribution in [0.4, 0.5) is 4.39 Å². The Kier molecular flexibility index (Phi) is 5.05. The summed E-state index contributed by atoms with van der Waals surface area (Å²) in [7, 11) is 0. The van der Waals surface area contributed by atoms with Crippen LogP contribution >= 0.6 is 23.1 Å². The zero-order chi connectivity index (χ0) is 14.7. The van der Waals surface area contributed by atoms with E-state index in [-0.39, 0.29) is 10.7 Å². The molecule has 0 radical (unpaired) electrons. The van der Waals surface area contributed by atoms with E-state index in [0.717, 1.165) is 23.5 Å². The van der Waals surface area contributed by atoms with Gasteiger partial charge in [0.05, 0.1) is 0 Å². The van der Waals surface area contributed by atoms with Crippen molar-refractivity contribution in [1.82, 2.24) is 0 Å². The first kappa shape index (κ1) is 15.3. The molecule has 0 saturated heterocycles. The predicted octanol–water partition coefficient (Wildman–Crippen LogP) is 5.02. The fourth-order valence-corrected chi connectivity index (χ4v) is 4.37. The second kappa shape index (κ2) is 6.59. The Balaban J connectivity index is 2.34. The highest BCUT2D eigenvalue weighted by atomic mass is 32.2. The second-order valence-electron chi connectivity index (χ2n) is 4.86. The van der Waals surface area contributed by atoms with Crippen molar-refractivity contribution in [3.8, 4) is 0 Å². The van der Waals surface area contributed by atoms with Crippen molar-refractivity contribution in [3.05, 3.63) is 34.5 Å². The van der Waals surface area contributed by atoms with E-state index in [1.807, 2.05) is 0 Å². The first-order valence-corrected chi connectivity index (χ1v) is 8.52. The molecular formula is C15H17FO2S2. The fraction of sp³-hybridized carbons (Fsp3) is 0.400. The summed E-state index contributed by atoms with van der Waals surface area (Å²) in [6.07, 6.45) is 1.09. The van der Waals surface area contributed by atoms with Crippen LogP contribution in [0.2, 0.25) is 0 Å². The second-order valence-corrected chi connectivity index (χ2v) is 6.94. The van der Waals surface area contributed by atoms with Crippen LogP contribution in [0.25, 0.3) is 10.1 Å². The lowest BCUT2D eigenvalue weighted by Gasteiger charge is -2.08. The van der Waals surface area contributed by atoms with Crippen LogP contribution in [0.3, 0.4) is 0 Å². The maximum Gasteiger partial charge on any atom is 0.346 e. The van der Waals surface area contributed by atoms with E-state index < -0.39 is 5.97 Å². The topological polar surface area (TPSA) is 37.3 Å². The van der Waals surface area contributed by atoms with Gasteiger partial charge in [-0.2, -0.15) is 11.8 Å². The highest BCUT2D eigenvalue weighted by Gasteiger charge is 2.20. The van der Waals surface area contributed by atoms with E-state index in [1.54, 1.807) is 23.9 Å². The van der Waals surface area contributed by atoms with Crippen molar-refractivity contribution in [1.29, 1.82) is 0 Å². The highest BCUT2D eigenvalue weighted by Crippen LogP contribution is 2.35. The number of hydrogen-bond donors (Lipinski definition) is 1. The summed E-state index contributed by atoms with van der Waals surface area (Å²) in [5.41, 5.74) is 0.629. The van der Waals surface area contributed by atoms with Crippen molar-refractivity contribution < 1.29 is 14.3 Å². The van der Waals surface area contributed by atoms with E-state index >= 15 is 0 Å². The quantitative estimate of drug-likeness (QED) is 0.814. The number of halogens is 1. The summed E-state index contributed by atoms with van der Waals surface area (Å²) in [6.45, 7) is 4.30. The van der Waals surface area contributed by atoms with Crippen LogP contribution in [0.15, 0.2) is 18.2 Å². The third-order valence-electron chi connectivity index (χ3n) is 3.30. The maximum absolute atomic E-state index is 14.0. The molecular weight excluding hydrogens is 295 g/mol. The number of carboxylic acid groups (broad SMARTS) is 1. The van der Waals surface area contributed by atoms with Crippen LogP contribution in [0.1, 0.15) is 35.5 Å². The zero-order valence-corrected chi connectivity index (χ0v) is 13.1. The molecule has 0 aliphatic rings. The van der Waals surface area contributed by atoms with Gasteiger partial charge in [-0.25, -0.2) is 9.18 Å². The standard InChI is InChI=1S/C15H17FO2S2/c1-3-9(2)7-19-8-10-13-11(16)5-4-6-12(13)20-14(10)15(17)18/h4-6,9H,3,7-8H2,1-2H3,(H,17,18). The van der Waals surface area contributed by atoms with Crippen molar-refractivity contribution in [2.24, 2.45) is 5.92 Å². The summed E-state index contributed by atoms with van der Waals surface area (Å²) in [6, 6.07) is 4.79. The molecule has 20 heavy (non-hydrogen) atoms. The Morgan fingerprint density at radius 1 is 1.50 bits per heavy atom. The molecule has 2 nitrogen and oxygen atoms in total. The summed E-state index contributed by atoms with van der Waals surface area (Å²) in [5.74, 6) is 0.798. The van der Waals surface area contributed by atoms with Crippen molar-refractivity contribution in [2.75, 3.05) is 5.75 Å². The van der Waals surface area contributed by atoms with Crippen LogP contribution in [-0.2, 0) is 5.75 Å². The Morgan fingerprint density at radius 2 is 2.25 bits per heavy atom. The van der Waals surface area contributed by atoms with E-state index in [1.165, 1.54) is 6.07 Å². The molecule has 1 unspecified atom stereocenters. The zero-order valence-electron chi connectivity index (χ0n) is 11.5. The lowest BCUT2D eigenvalue weighted by atomic mass is 10.1. The molecule has 0 saturated carbocycles. The van der Waals surface area contributed by atoms with Gasteiger partial charge < -0.3 is 5.11 Å². The summed E-state index contributed by atoms with van der Waals surface area (Å²) >= 11 is 2.83. The molecule has 0 spiro atoms. The molecule has 0 amide bonds. The van der Waals surface area contributed by atoms with E-state index in [4.69, 9.17) is 0 Å². The van der Waals surface area contributed by atoms with E-state index in [2.05, 4.69) is 13.8 Å². The largest absolute Gasteiger partial charge is 0.477 e. The molecule has 0 fully saturated rings. The Hall–Kier alpha value is -1.07. The molecule has 1 N–H and O–H groups in total. The molecule has 108 valence electrons. The SMILES string of the molecule is CCC(C)CSCc1c(C(=O)O)sc2cccc(F)c12. The number of rotatable bonds is 6. The van der Waals surface area contributed by atoms with Gasteiger partial charge in [0.15, 0.2) is 0 Å². The number of carboxylic acids is 1. The monoisotopic (exact) mass is 312 g/mol. The van der Waals surface area contributed by atoms with E-state index in [9.17, 15) is 14.3 Å². The Bertz CT molecular complexity index is 622. The number of fused-ring (bicyclic) bond motifs is 1. The first-order chi connectivity index (χ1) is 9.54. The molecule has 2 rings (SSSR count). The Morgan fingerprint density at radius 3 is 2.90 bits per heavy atom. The smallest absolute Gasteiger partial charge is 0.346 e. The lowest BCUT2D eigenvalue weighted by Crippen LogP contribution is -2.00. The number of benzene rings is 1. The third-order valence-corrected chi connectivity index (χ3v) is 5.79. The van der Waals surface area contributed by atoms with Crippen LogP contribution in [0.5, 0.6) is 0 Å². The molecule has 1 atom stereocenters. The lowest BCUT2D eigenvalue weighted by molar-refractivity contribution is 0.0701. The Labute approximate surface area is 126 Å². The minimum absolute atomic E-state index is 0.266. The minimum Gasteiger partial charge on any atom is -0.477 e. The summed E-state index contributed by atoms with van der Waals surface area (Å²) in [5, 5.41) is 9.77. The minimum atomic E-state index is -0.968. The normalized spacial score (nSPS) is 12.8. The number of thioether (sulfide) groups is 1. The molecule has 5 heteroatoms. The van der Waals surface area contributed by atoms with Gasteiger partial charge in [0.2, 0.25) is 0 Å². The van der Waals surface area contributed by atoms with Crippen LogP contribution < -0.4 is 0 Å². The average molecular weight is 312 g/mol. The summed E-state index contributed by atoms with van der Waals surface area (Å²) < 4.78 is 14.7. The van der Waals surface area contributed by atoms with Gasteiger partial charge in [-0.05, 0) is 29.4 Å². The number of thiophene rings is 1.